The lowest BCUT2D eigenvalue weighted by atomic mass is 10.1. The van der Waals surface area contributed by atoms with Crippen LogP contribution in [0.2, 0.25) is 0 Å². The van der Waals surface area contributed by atoms with Crippen molar-refractivity contribution in [3.05, 3.63) is 59.9 Å². The fourth-order valence-electron chi connectivity index (χ4n) is 4.34. The summed E-state index contributed by atoms with van der Waals surface area (Å²) in [6.45, 7) is 5.01. The second-order valence-corrected chi connectivity index (χ2v) is 7.60. The zero-order valence-corrected chi connectivity index (χ0v) is 15.9. The maximum Gasteiger partial charge on any atom is 0.241 e. The summed E-state index contributed by atoms with van der Waals surface area (Å²) in [5.41, 5.74) is 3.69. The number of hydrogen-bond donors (Lipinski definition) is 0. The molecule has 0 N–H and O–H groups in total. The van der Waals surface area contributed by atoms with Crippen LogP contribution in [-0.4, -0.2) is 62.1 Å². The summed E-state index contributed by atoms with van der Waals surface area (Å²) in [5, 5.41) is 4.05. The molecule has 144 valence electrons. The number of fused-ring (bicyclic) bond motifs is 1. The Labute approximate surface area is 164 Å². The van der Waals surface area contributed by atoms with Crippen LogP contribution in [0.15, 0.2) is 47.4 Å². The maximum atomic E-state index is 5.45. The molecule has 2 aliphatic rings. The van der Waals surface area contributed by atoms with Crippen molar-refractivity contribution in [1.82, 2.24) is 29.9 Å². The van der Waals surface area contributed by atoms with E-state index < -0.39 is 0 Å². The van der Waals surface area contributed by atoms with E-state index in [2.05, 4.69) is 54.2 Å². The minimum absolute atomic E-state index is 0.503. The predicted molar refractivity (Wildman–Crippen MR) is 104 cm³/mol. The molecule has 7 heteroatoms. The van der Waals surface area contributed by atoms with Crippen molar-refractivity contribution in [2.24, 2.45) is 0 Å². The van der Waals surface area contributed by atoms with E-state index >= 15 is 0 Å². The fraction of sp³-hybridized carbons (Fsp3) is 0.429. The monoisotopic (exact) mass is 376 g/mol. The Bertz CT molecular complexity index is 902. The van der Waals surface area contributed by atoms with Crippen LogP contribution >= 0.6 is 0 Å². The molecule has 0 radical (unpaired) electrons. The molecule has 0 spiro atoms. The summed E-state index contributed by atoms with van der Waals surface area (Å²) < 4.78 is 5.45. The van der Waals surface area contributed by atoms with Crippen LogP contribution in [-0.2, 0) is 19.4 Å². The third kappa shape index (κ3) is 3.68. The molecule has 1 fully saturated rings. The first-order chi connectivity index (χ1) is 13.8. The van der Waals surface area contributed by atoms with E-state index in [0.29, 0.717) is 30.0 Å². The molecule has 1 aromatic carbocycles. The molecule has 3 heterocycles. The van der Waals surface area contributed by atoms with Gasteiger partial charge in [0.05, 0.1) is 12.7 Å². The Morgan fingerprint density at radius 1 is 1.00 bits per heavy atom. The van der Waals surface area contributed by atoms with Crippen molar-refractivity contribution in [3.63, 3.8) is 0 Å². The number of aromatic nitrogens is 4. The van der Waals surface area contributed by atoms with Gasteiger partial charge in [-0.05, 0) is 43.5 Å². The highest BCUT2D eigenvalue weighted by Crippen LogP contribution is 2.26. The van der Waals surface area contributed by atoms with Gasteiger partial charge < -0.3 is 4.52 Å². The van der Waals surface area contributed by atoms with Crippen LogP contribution in [0.25, 0.3) is 11.5 Å². The molecule has 0 bridgehead atoms. The SMILES string of the molecule is c1ccc2c(c1)CC(N1CCCN(Cc3nc(-c4cnccn4)no3)CC1)C2. The number of hydrogen-bond acceptors (Lipinski definition) is 7. The lowest BCUT2D eigenvalue weighted by molar-refractivity contribution is 0.193. The van der Waals surface area contributed by atoms with Gasteiger partial charge in [0.15, 0.2) is 0 Å². The van der Waals surface area contributed by atoms with Crippen molar-refractivity contribution < 1.29 is 4.52 Å². The molecule has 1 aliphatic carbocycles. The first-order valence-electron chi connectivity index (χ1n) is 9.97. The maximum absolute atomic E-state index is 5.45. The average Bonchev–Trinajstić information content (AvgIpc) is 3.31. The van der Waals surface area contributed by atoms with Gasteiger partial charge in [-0.3, -0.25) is 14.8 Å². The van der Waals surface area contributed by atoms with Crippen LogP contribution in [0.3, 0.4) is 0 Å². The standard InChI is InChI=1S/C21H24N6O/c1-2-5-17-13-18(12-16(17)4-1)27-9-3-8-26(10-11-27)15-20-24-21(25-28-20)19-14-22-6-7-23-19/h1-2,4-7,14,18H,3,8-13,15H2. The average molecular weight is 376 g/mol. The van der Waals surface area contributed by atoms with E-state index in [1.165, 1.54) is 24.0 Å². The first-order valence-corrected chi connectivity index (χ1v) is 9.97. The van der Waals surface area contributed by atoms with Crippen LogP contribution in [0.4, 0.5) is 0 Å². The topological polar surface area (TPSA) is 71.2 Å². The highest BCUT2D eigenvalue weighted by Gasteiger charge is 2.28. The molecule has 2 aromatic heterocycles. The Hall–Kier alpha value is -2.64. The van der Waals surface area contributed by atoms with Crippen LogP contribution in [0, 0.1) is 0 Å². The van der Waals surface area contributed by atoms with Gasteiger partial charge >= 0.3 is 0 Å². The van der Waals surface area contributed by atoms with E-state index in [0.717, 1.165) is 32.6 Å². The summed E-state index contributed by atoms with van der Waals surface area (Å²) in [6.07, 6.45) is 8.45. The zero-order chi connectivity index (χ0) is 18.8. The molecular weight excluding hydrogens is 352 g/mol. The lowest BCUT2D eigenvalue weighted by Crippen LogP contribution is -2.38. The van der Waals surface area contributed by atoms with Crippen molar-refractivity contribution >= 4 is 0 Å². The fourth-order valence-corrected chi connectivity index (χ4v) is 4.34. The summed E-state index contributed by atoms with van der Waals surface area (Å²) in [6, 6.07) is 9.52. The van der Waals surface area contributed by atoms with E-state index in [4.69, 9.17) is 4.52 Å². The molecule has 0 saturated carbocycles. The molecule has 3 aromatic rings. The third-order valence-corrected chi connectivity index (χ3v) is 5.79. The number of nitrogens with zero attached hydrogens (tertiary/aromatic N) is 6. The second-order valence-electron chi connectivity index (χ2n) is 7.60. The highest BCUT2D eigenvalue weighted by atomic mass is 16.5. The van der Waals surface area contributed by atoms with Crippen molar-refractivity contribution in [1.29, 1.82) is 0 Å². The molecule has 1 saturated heterocycles. The number of rotatable bonds is 4. The van der Waals surface area contributed by atoms with Crippen molar-refractivity contribution in [3.8, 4) is 11.5 Å². The van der Waals surface area contributed by atoms with Gasteiger partial charge in [-0.2, -0.15) is 4.98 Å². The molecule has 0 amide bonds. The molecule has 7 nitrogen and oxygen atoms in total. The first kappa shape index (κ1) is 17.5. The Morgan fingerprint density at radius 3 is 2.64 bits per heavy atom. The zero-order valence-electron chi connectivity index (χ0n) is 15.9. The largest absolute Gasteiger partial charge is 0.337 e. The second kappa shape index (κ2) is 7.77. The van der Waals surface area contributed by atoms with Gasteiger partial charge in [0.2, 0.25) is 11.7 Å². The van der Waals surface area contributed by atoms with E-state index in [1.54, 1.807) is 18.6 Å². The van der Waals surface area contributed by atoms with E-state index in [-0.39, 0.29) is 0 Å². The number of benzene rings is 1. The lowest BCUT2D eigenvalue weighted by Gasteiger charge is -2.27. The molecule has 0 atom stereocenters. The normalized spacial score (nSPS) is 18.9. The van der Waals surface area contributed by atoms with Crippen molar-refractivity contribution in [2.75, 3.05) is 26.2 Å². The Morgan fingerprint density at radius 2 is 1.86 bits per heavy atom. The smallest absolute Gasteiger partial charge is 0.241 e. The summed E-state index contributed by atoms with van der Waals surface area (Å²) >= 11 is 0. The summed E-state index contributed by atoms with van der Waals surface area (Å²) in [5.74, 6) is 1.14. The van der Waals surface area contributed by atoms with Crippen LogP contribution < -0.4 is 0 Å². The predicted octanol–water partition coefficient (Wildman–Crippen LogP) is 2.20. The summed E-state index contributed by atoms with van der Waals surface area (Å²) in [4.78, 5) is 17.9. The quantitative estimate of drug-likeness (QED) is 0.691. The third-order valence-electron chi connectivity index (χ3n) is 5.79. The van der Waals surface area contributed by atoms with Gasteiger partial charge in [0, 0.05) is 31.5 Å². The van der Waals surface area contributed by atoms with Gasteiger partial charge in [0.1, 0.15) is 5.69 Å². The Kier molecular flexibility index (Phi) is 4.85. The minimum Gasteiger partial charge on any atom is -0.337 e. The Balaban J connectivity index is 1.19. The van der Waals surface area contributed by atoms with Gasteiger partial charge in [-0.25, -0.2) is 4.98 Å². The molecular formula is C21H24N6O. The van der Waals surface area contributed by atoms with Gasteiger partial charge in [-0.15, -0.1) is 0 Å². The van der Waals surface area contributed by atoms with E-state index in [9.17, 15) is 0 Å². The van der Waals surface area contributed by atoms with Crippen LogP contribution in [0.1, 0.15) is 23.4 Å². The summed E-state index contributed by atoms with van der Waals surface area (Å²) in [7, 11) is 0. The molecule has 5 rings (SSSR count). The minimum atomic E-state index is 0.503. The molecule has 0 unspecified atom stereocenters. The van der Waals surface area contributed by atoms with Crippen molar-refractivity contribution in [2.45, 2.75) is 31.8 Å². The highest BCUT2D eigenvalue weighted by molar-refractivity contribution is 5.45. The van der Waals surface area contributed by atoms with Gasteiger partial charge in [0.25, 0.3) is 0 Å². The molecule has 28 heavy (non-hydrogen) atoms. The molecule has 1 aliphatic heterocycles. The van der Waals surface area contributed by atoms with Crippen LogP contribution in [0.5, 0.6) is 0 Å². The van der Waals surface area contributed by atoms with Gasteiger partial charge in [-0.1, -0.05) is 29.4 Å². The van der Waals surface area contributed by atoms with E-state index in [1.807, 2.05) is 0 Å².